The molecule has 0 spiro atoms. The Morgan fingerprint density at radius 3 is 2.85 bits per heavy atom. The van der Waals surface area contributed by atoms with E-state index in [0.29, 0.717) is 12.4 Å². The number of aliphatic hydroxyl groups excluding tert-OH is 1. The van der Waals surface area contributed by atoms with Gasteiger partial charge in [-0.1, -0.05) is 0 Å². The van der Waals surface area contributed by atoms with Crippen LogP contribution in [0.1, 0.15) is 19.7 Å². The van der Waals surface area contributed by atoms with Crippen LogP contribution in [-0.2, 0) is 17.9 Å². The summed E-state index contributed by atoms with van der Waals surface area (Å²) in [6.07, 6.45) is 1.59. The van der Waals surface area contributed by atoms with Crippen LogP contribution in [0, 0.1) is 0 Å². The van der Waals surface area contributed by atoms with Gasteiger partial charge in [-0.2, -0.15) is 0 Å². The fourth-order valence-electron chi connectivity index (χ4n) is 1.01. The molecular formula is C8H15N3O2. The smallest absolute Gasteiger partial charge is 0.158 e. The van der Waals surface area contributed by atoms with Gasteiger partial charge in [-0.25, -0.2) is 0 Å². The Bertz CT molecular complexity index is 270. The molecule has 0 saturated carbocycles. The van der Waals surface area contributed by atoms with Crippen molar-refractivity contribution in [1.82, 2.24) is 14.8 Å². The molecule has 0 fully saturated rings. The highest BCUT2D eigenvalue weighted by molar-refractivity contribution is 4.85. The third kappa shape index (κ3) is 2.50. The summed E-state index contributed by atoms with van der Waals surface area (Å²) < 4.78 is 7.03. The fourth-order valence-corrected chi connectivity index (χ4v) is 1.01. The lowest BCUT2D eigenvalue weighted by molar-refractivity contribution is 0.00681. The van der Waals surface area contributed by atoms with Gasteiger partial charge in [0, 0.05) is 7.11 Å². The van der Waals surface area contributed by atoms with Crippen LogP contribution in [0.4, 0.5) is 0 Å². The summed E-state index contributed by atoms with van der Waals surface area (Å²) in [4.78, 5) is 0. The zero-order chi connectivity index (χ0) is 9.90. The SMILES string of the molecule is COC(C)(C)Cn1cnnc1CO. The number of ether oxygens (including phenoxy) is 1. The van der Waals surface area contributed by atoms with Gasteiger partial charge in [-0.3, -0.25) is 0 Å². The molecule has 1 N–H and O–H groups in total. The van der Waals surface area contributed by atoms with Crippen LogP contribution in [-0.4, -0.2) is 32.6 Å². The summed E-state index contributed by atoms with van der Waals surface area (Å²) in [6, 6.07) is 0. The number of methoxy groups -OCH3 is 1. The maximum Gasteiger partial charge on any atom is 0.158 e. The van der Waals surface area contributed by atoms with E-state index in [1.165, 1.54) is 0 Å². The molecule has 0 aliphatic carbocycles. The zero-order valence-electron chi connectivity index (χ0n) is 8.19. The third-order valence-electron chi connectivity index (χ3n) is 1.94. The first kappa shape index (κ1) is 10.1. The molecule has 0 bridgehead atoms. The Morgan fingerprint density at radius 1 is 1.62 bits per heavy atom. The summed E-state index contributed by atoms with van der Waals surface area (Å²) in [7, 11) is 1.66. The second-order valence-electron chi connectivity index (χ2n) is 3.50. The van der Waals surface area contributed by atoms with E-state index in [-0.39, 0.29) is 12.2 Å². The van der Waals surface area contributed by atoms with Gasteiger partial charge in [-0.15, -0.1) is 10.2 Å². The fraction of sp³-hybridized carbons (Fsp3) is 0.750. The van der Waals surface area contributed by atoms with Gasteiger partial charge in [0.1, 0.15) is 12.9 Å². The summed E-state index contributed by atoms with van der Waals surface area (Å²) in [5.74, 6) is 0.560. The molecule has 5 heteroatoms. The van der Waals surface area contributed by atoms with Crippen LogP contribution in [0.15, 0.2) is 6.33 Å². The first-order valence-electron chi connectivity index (χ1n) is 4.12. The topological polar surface area (TPSA) is 60.2 Å². The predicted molar refractivity (Wildman–Crippen MR) is 47.0 cm³/mol. The molecule has 0 unspecified atom stereocenters. The van der Waals surface area contributed by atoms with Gasteiger partial charge in [0.05, 0.1) is 12.1 Å². The van der Waals surface area contributed by atoms with E-state index in [9.17, 15) is 0 Å². The number of hydrogen-bond acceptors (Lipinski definition) is 4. The predicted octanol–water partition coefficient (Wildman–Crippen LogP) is 0.195. The van der Waals surface area contributed by atoms with Crippen molar-refractivity contribution >= 4 is 0 Å². The molecule has 0 saturated heterocycles. The molecule has 0 aliphatic rings. The Hall–Kier alpha value is -0.940. The zero-order valence-corrected chi connectivity index (χ0v) is 8.19. The van der Waals surface area contributed by atoms with E-state index < -0.39 is 0 Å². The summed E-state index contributed by atoms with van der Waals surface area (Å²) >= 11 is 0. The molecule has 0 amide bonds. The molecule has 0 radical (unpaired) electrons. The molecule has 13 heavy (non-hydrogen) atoms. The Labute approximate surface area is 77.4 Å². The van der Waals surface area contributed by atoms with E-state index in [0.717, 1.165) is 0 Å². The van der Waals surface area contributed by atoms with Crippen LogP contribution in [0.25, 0.3) is 0 Å². The van der Waals surface area contributed by atoms with Crippen molar-refractivity contribution in [3.8, 4) is 0 Å². The lowest BCUT2D eigenvalue weighted by Crippen LogP contribution is -2.29. The average Bonchev–Trinajstić information content (AvgIpc) is 2.51. The monoisotopic (exact) mass is 185 g/mol. The molecule has 1 aromatic rings. The highest BCUT2D eigenvalue weighted by Crippen LogP contribution is 2.11. The van der Waals surface area contributed by atoms with Crippen LogP contribution in [0.2, 0.25) is 0 Å². The highest BCUT2D eigenvalue weighted by Gasteiger charge is 2.18. The third-order valence-corrected chi connectivity index (χ3v) is 1.94. The second-order valence-corrected chi connectivity index (χ2v) is 3.50. The van der Waals surface area contributed by atoms with Crippen molar-refractivity contribution in [2.75, 3.05) is 7.11 Å². The molecule has 1 aromatic heterocycles. The largest absolute Gasteiger partial charge is 0.388 e. The van der Waals surface area contributed by atoms with E-state index in [2.05, 4.69) is 10.2 Å². The van der Waals surface area contributed by atoms with Crippen molar-refractivity contribution in [2.24, 2.45) is 0 Å². The molecule has 1 rings (SSSR count). The van der Waals surface area contributed by atoms with Gasteiger partial charge in [0.15, 0.2) is 5.82 Å². The molecular weight excluding hydrogens is 170 g/mol. The van der Waals surface area contributed by atoms with Gasteiger partial charge in [0.2, 0.25) is 0 Å². The quantitative estimate of drug-likeness (QED) is 0.727. The molecule has 0 atom stereocenters. The van der Waals surface area contributed by atoms with Gasteiger partial charge < -0.3 is 14.4 Å². The molecule has 5 nitrogen and oxygen atoms in total. The van der Waals surface area contributed by atoms with Crippen molar-refractivity contribution in [3.63, 3.8) is 0 Å². The molecule has 74 valence electrons. The highest BCUT2D eigenvalue weighted by atomic mass is 16.5. The van der Waals surface area contributed by atoms with Crippen molar-refractivity contribution in [3.05, 3.63) is 12.2 Å². The first-order chi connectivity index (χ1) is 6.09. The van der Waals surface area contributed by atoms with Crippen LogP contribution < -0.4 is 0 Å². The number of rotatable bonds is 4. The van der Waals surface area contributed by atoms with E-state index >= 15 is 0 Å². The Kier molecular flexibility index (Phi) is 3.00. The minimum Gasteiger partial charge on any atom is -0.388 e. The maximum atomic E-state index is 8.91. The second kappa shape index (κ2) is 3.85. The van der Waals surface area contributed by atoms with E-state index in [4.69, 9.17) is 9.84 Å². The van der Waals surface area contributed by atoms with Crippen molar-refractivity contribution in [2.45, 2.75) is 32.6 Å². The van der Waals surface area contributed by atoms with Crippen LogP contribution in [0.5, 0.6) is 0 Å². The van der Waals surface area contributed by atoms with Crippen molar-refractivity contribution < 1.29 is 9.84 Å². The minimum atomic E-state index is -0.272. The van der Waals surface area contributed by atoms with Gasteiger partial charge in [-0.05, 0) is 13.8 Å². The number of hydrogen-bond donors (Lipinski definition) is 1. The van der Waals surface area contributed by atoms with E-state index in [1.807, 2.05) is 13.8 Å². The summed E-state index contributed by atoms with van der Waals surface area (Å²) in [5.41, 5.74) is -0.272. The minimum absolute atomic E-state index is 0.0974. The Morgan fingerprint density at radius 2 is 2.31 bits per heavy atom. The number of aromatic nitrogens is 3. The van der Waals surface area contributed by atoms with Crippen LogP contribution in [0.3, 0.4) is 0 Å². The molecule has 0 aliphatic heterocycles. The number of aliphatic hydroxyl groups is 1. The van der Waals surface area contributed by atoms with Gasteiger partial charge >= 0.3 is 0 Å². The van der Waals surface area contributed by atoms with E-state index in [1.54, 1.807) is 18.0 Å². The lowest BCUT2D eigenvalue weighted by atomic mass is 10.1. The molecule has 0 aromatic carbocycles. The lowest BCUT2D eigenvalue weighted by Gasteiger charge is -2.23. The van der Waals surface area contributed by atoms with Crippen molar-refractivity contribution in [1.29, 1.82) is 0 Å². The standard InChI is InChI=1S/C8H15N3O2/c1-8(2,13-3)5-11-6-9-10-7(11)4-12/h6,12H,4-5H2,1-3H3. The van der Waals surface area contributed by atoms with Crippen LogP contribution >= 0.6 is 0 Å². The summed E-state index contributed by atoms with van der Waals surface area (Å²) in [5, 5.41) is 16.4. The van der Waals surface area contributed by atoms with Gasteiger partial charge in [0.25, 0.3) is 0 Å². The number of nitrogens with zero attached hydrogens (tertiary/aromatic N) is 3. The summed E-state index contributed by atoms with van der Waals surface area (Å²) in [6.45, 7) is 4.47. The first-order valence-corrected chi connectivity index (χ1v) is 4.12. The normalized spacial score (nSPS) is 12.0. The Balaban J connectivity index is 2.73. The average molecular weight is 185 g/mol. The molecule has 1 heterocycles. The maximum absolute atomic E-state index is 8.91.